The Bertz CT molecular complexity index is 4290. The molecule has 0 fully saturated rings. The van der Waals surface area contributed by atoms with Gasteiger partial charge in [0.15, 0.2) is 0 Å². The molecule has 0 saturated heterocycles. The Morgan fingerprint density at radius 2 is 1.01 bits per heavy atom. The molecular weight excluding hydrogens is 1080 g/mol. The molecule has 7 heteroatoms. The smallest absolute Gasteiger partial charge is 0.135 e. The summed E-state index contributed by atoms with van der Waals surface area (Å²) in [5.41, 5.74) is 19.8. The van der Waals surface area contributed by atoms with E-state index in [4.69, 9.17) is 9.72 Å². The number of fused-ring (bicyclic) bond motifs is 6. The number of pyridine rings is 1. The van der Waals surface area contributed by atoms with Gasteiger partial charge in [-0.25, -0.2) is 4.98 Å². The van der Waals surface area contributed by atoms with Crippen molar-refractivity contribution in [3.63, 3.8) is 0 Å². The number of aromatic nitrogens is 3. The van der Waals surface area contributed by atoms with Crippen molar-refractivity contribution in [2.45, 2.75) is 78.6 Å². The van der Waals surface area contributed by atoms with Crippen LogP contribution in [0.3, 0.4) is 0 Å². The third-order valence-electron chi connectivity index (χ3n) is 15.7. The molecular formula is C74H64N5OPd-3. The Labute approximate surface area is 490 Å². The van der Waals surface area contributed by atoms with Crippen molar-refractivity contribution in [2.75, 3.05) is 9.80 Å². The minimum Gasteiger partial charge on any atom is -0.509 e. The van der Waals surface area contributed by atoms with E-state index in [0.29, 0.717) is 11.5 Å². The summed E-state index contributed by atoms with van der Waals surface area (Å²) in [6.07, 6.45) is 1.93. The van der Waals surface area contributed by atoms with Crippen LogP contribution in [0.4, 0.5) is 22.7 Å². The predicted molar refractivity (Wildman–Crippen MR) is 333 cm³/mol. The fraction of sp³-hybridized carbons (Fsp3) is 0.162. The number of hydrogen-bond acceptors (Lipinski definition) is 4. The molecule has 0 spiro atoms. The first-order valence-electron chi connectivity index (χ1n) is 27.8. The molecule has 12 aromatic rings. The maximum absolute atomic E-state index is 6.90. The van der Waals surface area contributed by atoms with Crippen LogP contribution in [0.2, 0.25) is 0 Å². The molecule has 81 heavy (non-hydrogen) atoms. The van der Waals surface area contributed by atoms with E-state index < -0.39 is 0 Å². The average Bonchev–Trinajstić information content (AvgIpc) is 4.30. The summed E-state index contributed by atoms with van der Waals surface area (Å²) in [5, 5.41) is 2.17. The summed E-state index contributed by atoms with van der Waals surface area (Å²) in [4.78, 5) is 9.68. The van der Waals surface area contributed by atoms with Crippen LogP contribution in [-0.4, -0.2) is 14.1 Å². The second-order valence-corrected chi connectivity index (χ2v) is 24.3. The summed E-state index contributed by atoms with van der Waals surface area (Å²) in [7, 11) is 0. The Balaban J connectivity index is 0.00000651. The number of benzene rings is 9. The molecule has 0 unspecified atom stereocenters. The van der Waals surface area contributed by atoms with Gasteiger partial charge >= 0.3 is 0 Å². The van der Waals surface area contributed by atoms with Crippen LogP contribution in [0.5, 0.6) is 11.5 Å². The Kier molecular flexibility index (Phi) is 13.5. The molecule has 13 rings (SSSR count). The van der Waals surface area contributed by atoms with Gasteiger partial charge in [-0.3, -0.25) is 0 Å². The summed E-state index contributed by atoms with van der Waals surface area (Å²) in [6.45, 7) is 22.8. The molecule has 0 atom stereocenters. The van der Waals surface area contributed by atoms with Crippen LogP contribution in [0.15, 0.2) is 219 Å². The van der Waals surface area contributed by atoms with E-state index in [2.05, 4.69) is 294 Å². The quantitative estimate of drug-likeness (QED) is 0.107. The minimum absolute atomic E-state index is 0. The van der Waals surface area contributed by atoms with Crippen molar-refractivity contribution in [1.82, 2.24) is 14.1 Å². The first-order valence-corrected chi connectivity index (χ1v) is 27.8. The van der Waals surface area contributed by atoms with Gasteiger partial charge in [0.05, 0.1) is 11.0 Å². The van der Waals surface area contributed by atoms with Crippen molar-refractivity contribution in [1.29, 1.82) is 0 Å². The summed E-state index contributed by atoms with van der Waals surface area (Å²) in [6, 6.07) is 83.7. The zero-order valence-electron chi connectivity index (χ0n) is 47.3. The molecule has 404 valence electrons. The molecule has 0 saturated carbocycles. The number of nitrogens with zero attached hydrogens (tertiary/aromatic N) is 5. The summed E-state index contributed by atoms with van der Waals surface area (Å²) in [5.74, 6) is 1.98. The molecule has 9 aromatic carbocycles. The zero-order chi connectivity index (χ0) is 55.1. The van der Waals surface area contributed by atoms with Crippen molar-refractivity contribution < 1.29 is 25.2 Å². The monoisotopic (exact) mass is 1140 g/mol. The Morgan fingerprint density at radius 3 is 1.73 bits per heavy atom. The first-order chi connectivity index (χ1) is 38.6. The van der Waals surface area contributed by atoms with Crippen molar-refractivity contribution in [3.8, 4) is 56.4 Å². The second kappa shape index (κ2) is 20.6. The fourth-order valence-electron chi connectivity index (χ4n) is 11.4. The van der Waals surface area contributed by atoms with E-state index in [1.165, 1.54) is 33.4 Å². The maximum atomic E-state index is 6.90. The van der Waals surface area contributed by atoms with Crippen LogP contribution in [0.25, 0.3) is 77.7 Å². The number of rotatable bonds is 9. The summed E-state index contributed by atoms with van der Waals surface area (Å²) >= 11 is 0. The molecule has 3 aromatic heterocycles. The molecule has 0 amide bonds. The van der Waals surface area contributed by atoms with E-state index >= 15 is 0 Å². The van der Waals surface area contributed by atoms with Gasteiger partial charge in [-0.1, -0.05) is 207 Å². The molecule has 1 aliphatic rings. The van der Waals surface area contributed by atoms with Crippen LogP contribution >= 0.6 is 0 Å². The van der Waals surface area contributed by atoms with Gasteiger partial charge in [-0.15, -0.1) is 42.7 Å². The molecule has 0 N–H and O–H groups in total. The topological polar surface area (TPSA) is 38.5 Å². The van der Waals surface area contributed by atoms with Gasteiger partial charge in [-0.2, -0.15) is 12.1 Å². The predicted octanol–water partition coefficient (Wildman–Crippen LogP) is 19.8. The average molecular weight is 1150 g/mol. The normalized spacial score (nSPS) is 12.8. The van der Waals surface area contributed by atoms with E-state index in [1.54, 1.807) is 0 Å². The molecule has 0 bridgehead atoms. The van der Waals surface area contributed by atoms with Crippen molar-refractivity contribution >= 4 is 55.6 Å². The van der Waals surface area contributed by atoms with Gasteiger partial charge in [0.1, 0.15) is 5.82 Å². The van der Waals surface area contributed by atoms with Crippen molar-refractivity contribution in [2.24, 2.45) is 0 Å². The molecule has 1 aliphatic heterocycles. The Hall–Kier alpha value is -8.47. The first kappa shape index (κ1) is 53.2. The summed E-state index contributed by atoms with van der Waals surface area (Å²) < 4.78 is 11.5. The van der Waals surface area contributed by atoms with Gasteiger partial charge in [0, 0.05) is 82.9 Å². The Morgan fingerprint density at radius 1 is 0.432 bits per heavy atom. The standard InChI is InChI=1S/C74H64N5O.Pd/c1-72(2,3)53-39-40-75-68(45-53)79-67-47-59(37-38-63(67)70-71(79)62-31-16-17-34-64(62)78(70)56-27-14-11-15-28-56)80-58-30-21-29-57(46-58)76-48-77(66-36-19-18-35-65(66)76)69-60(51-26-20-25-50(41-51)49-23-12-10-13-24-49)32-22-33-61(69)52-42-54(73(4,5)6)44-55(43-52)74(7,8)9;/h10-45,48H,1-9H3;/q-3;. The van der Waals surface area contributed by atoms with E-state index in [1.807, 2.05) is 24.4 Å². The van der Waals surface area contributed by atoms with Gasteiger partial charge in [-0.05, 0) is 104 Å². The number of anilines is 4. The van der Waals surface area contributed by atoms with Gasteiger partial charge < -0.3 is 23.7 Å². The van der Waals surface area contributed by atoms with E-state index in [0.717, 1.165) is 83.8 Å². The van der Waals surface area contributed by atoms with E-state index in [-0.39, 0.29) is 36.7 Å². The van der Waals surface area contributed by atoms with Gasteiger partial charge in [0.2, 0.25) is 0 Å². The maximum Gasteiger partial charge on any atom is 0.135 e. The number of ether oxygens (including phenoxy) is 1. The number of hydrogen-bond donors (Lipinski definition) is 0. The van der Waals surface area contributed by atoms with Crippen LogP contribution in [0, 0.1) is 18.8 Å². The molecule has 0 radical (unpaired) electrons. The minimum atomic E-state index is -0.0880. The second-order valence-electron chi connectivity index (χ2n) is 24.3. The third kappa shape index (κ3) is 9.73. The zero-order valence-corrected chi connectivity index (χ0v) is 48.9. The largest absolute Gasteiger partial charge is 0.509 e. The SMILES string of the molecule is CC(C)(C)c1cc(-c2cccc(-c3cccc(-c4ccccc4)c3)c2N2[CH-]N(c3[c-]c(Oc4[c-]c5c(cc4)c4c(c6ccccc6n4-c4ccccc4)n5-c4cc(C(C)(C)C)ccn4)ccc3)c3ccccc32)cc(C(C)(C)C)c1.[Pd]. The van der Waals surface area contributed by atoms with Crippen LogP contribution in [-0.2, 0) is 36.7 Å². The molecule has 6 nitrogen and oxygen atoms in total. The van der Waals surface area contributed by atoms with Crippen molar-refractivity contribution in [3.05, 3.63) is 254 Å². The third-order valence-corrected chi connectivity index (χ3v) is 15.7. The van der Waals surface area contributed by atoms with Crippen LogP contribution < -0.4 is 14.5 Å². The fourth-order valence-corrected chi connectivity index (χ4v) is 11.4. The number of para-hydroxylation sites is 5. The molecule has 0 aliphatic carbocycles. The van der Waals surface area contributed by atoms with Crippen LogP contribution in [0.1, 0.15) is 79.0 Å². The van der Waals surface area contributed by atoms with Gasteiger partial charge in [0.25, 0.3) is 0 Å². The molecule has 4 heterocycles. The van der Waals surface area contributed by atoms with E-state index in [9.17, 15) is 0 Å².